The first-order valence-corrected chi connectivity index (χ1v) is 8.74. The number of benzene rings is 1. The highest BCUT2D eigenvalue weighted by atomic mass is 16.5. The second-order valence-corrected chi connectivity index (χ2v) is 6.25. The van der Waals surface area contributed by atoms with E-state index in [9.17, 15) is 9.59 Å². The molecule has 2 aromatic rings. The van der Waals surface area contributed by atoms with Gasteiger partial charge in [-0.2, -0.15) is 0 Å². The number of fused-ring (bicyclic) bond motifs is 4. The number of H-pyrrole nitrogens is 1. The maximum Gasteiger partial charge on any atom is 0.411 e. The van der Waals surface area contributed by atoms with Gasteiger partial charge in [0.05, 0.1) is 37.3 Å². The van der Waals surface area contributed by atoms with Crippen LogP contribution in [0.4, 0.5) is 16.2 Å². The van der Waals surface area contributed by atoms with E-state index in [2.05, 4.69) is 25.3 Å². The van der Waals surface area contributed by atoms with E-state index in [1.165, 1.54) is 7.11 Å². The van der Waals surface area contributed by atoms with Crippen molar-refractivity contribution in [3.8, 4) is 11.3 Å². The molecule has 2 bridgehead atoms. The molecule has 27 heavy (non-hydrogen) atoms. The SMILES string of the molecule is COC(=O)Nc1ccc2c(c1)NC(=O)CCCCOC[C@H](N)c1ncc-2[nH]1. The maximum absolute atomic E-state index is 12.3. The van der Waals surface area contributed by atoms with Gasteiger partial charge in [0.2, 0.25) is 5.91 Å². The minimum atomic E-state index is -0.586. The molecule has 2 heterocycles. The zero-order valence-electron chi connectivity index (χ0n) is 15.1. The Bertz CT molecular complexity index is 820. The van der Waals surface area contributed by atoms with Gasteiger partial charge in [0, 0.05) is 24.3 Å². The highest BCUT2D eigenvalue weighted by Crippen LogP contribution is 2.30. The number of ether oxygens (including phenoxy) is 2. The number of rotatable bonds is 1. The standard InChI is InChI=1S/C18H23N5O4/c1-26-18(25)21-11-5-6-12-14(8-11)22-16(24)4-2-3-7-27-10-13(19)17-20-9-15(12)23-17/h5-6,8-9,13H,2-4,7,10,19H2,1H3,(H,20,23)(H,21,25)(H,22,24)/t13-/m0/s1. The van der Waals surface area contributed by atoms with Crippen molar-refractivity contribution in [1.29, 1.82) is 0 Å². The van der Waals surface area contributed by atoms with Crippen LogP contribution >= 0.6 is 0 Å². The molecule has 1 aromatic carbocycles. The van der Waals surface area contributed by atoms with E-state index in [-0.39, 0.29) is 11.9 Å². The predicted octanol–water partition coefficient (Wildman–Crippen LogP) is 2.39. The molecule has 1 atom stereocenters. The third kappa shape index (κ3) is 4.83. The lowest BCUT2D eigenvalue weighted by molar-refractivity contribution is -0.116. The van der Waals surface area contributed by atoms with Gasteiger partial charge in [0.25, 0.3) is 0 Å². The number of hydrogen-bond donors (Lipinski definition) is 4. The van der Waals surface area contributed by atoms with E-state index < -0.39 is 6.09 Å². The molecule has 0 saturated carbocycles. The van der Waals surface area contributed by atoms with Crippen LogP contribution in [0.25, 0.3) is 11.3 Å². The minimum absolute atomic E-state index is 0.111. The first-order valence-electron chi connectivity index (χ1n) is 8.74. The fraction of sp³-hybridized carbons (Fsp3) is 0.389. The maximum atomic E-state index is 12.3. The van der Waals surface area contributed by atoms with Crippen LogP contribution in [0.1, 0.15) is 31.1 Å². The van der Waals surface area contributed by atoms with E-state index in [1.54, 1.807) is 24.4 Å². The van der Waals surface area contributed by atoms with Crippen LogP contribution in [0.15, 0.2) is 24.4 Å². The summed E-state index contributed by atoms with van der Waals surface area (Å²) in [6.45, 7) is 0.895. The first-order chi connectivity index (χ1) is 13.1. The molecular formula is C18H23N5O4. The van der Waals surface area contributed by atoms with Crippen LogP contribution in [0.2, 0.25) is 0 Å². The Hall–Kier alpha value is -2.91. The second kappa shape index (κ2) is 8.65. The molecule has 0 spiro atoms. The van der Waals surface area contributed by atoms with Gasteiger partial charge in [0.1, 0.15) is 5.82 Å². The number of aromatic nitrogens is 2. The Morgan fingerprint density at radius 1 is 1.41 bits per heavy atom. The molecule has 2 amide bonds. The highest BCUT2D eigenvalue weighted by Gasteiger charge is 2.16. The quantitative estimate of drug-likeness (QED) is 0.607. The third-order valence-electron chi connectivity index (χ3n) is 4.20. The van der Waals surface area contributed by atoms with Gasteiger partial charge < -0.3 is 25.5 Å². The summed E-state index contributed by atoms with van der Waals surface area (Å²) in [7, 11) is 1.29. The average Bonchev–Trinajstić information content (AvgIpc) is 3.13. The summed E-state index contributed by atoms with van der Waals surface area (Å²) in [5.41, 5.74) is 8.63. The zero-order chi connectivity index (χ0) is 19.2. The summed E-state index contributed by atoms with van der Waals surface area (Å²) >= 11 is 0. The number of methoxy groups -OCH3 is 1. The van der Waals surface area contributed by atoms with Crippen LogP contribution in [-0.2, 0) is 14.3 Å². The molecule has 1 aromatic heterocycles. The first kappa shape index (κ1) is 18.9. The average molecular weight is 373 g/mol. The number of carbonyl (C=O) groups is 2. The second-order valence-electron chi connectivity index (χ2n) is 6.25. The topological polar surface area (TPSA) is 131 Å². The largest absolute Gasteiger partial charge is 0.453 e. The predicted molar refractivity (Wildman–Crippen MR) is 100 cm³/mol. The van der Waals surface area contributed by atoms with Crippen LogP contribution in [-0.4, -0.2) is 42.3 Å². The molecule has 0 radical (unpaired) electrons. The summed E-state index contributed by atoms with van der Waals surface area (Å²) < 4.78 is 10.2. The van der Waals surface area contributed by atoms with Gasteiger partial charge in [-0.25, -0.2) is 9.78 Å². The Kier molecular flexibility index (Phi) is 6.05. The van der Waals surface area contributed by atoms with E-state index in [0.29, 0.717) is 48.9 Å². The molecular weight excluding hydrogens is 350 g/mol. The van der Waals surface area contributed by atoms with Gasteiger partial charge >= 0.3 is 6.09 Å². The van der Waals surface area contributed by atoms with Crippen LogP contribution < -0.4 is 16.4 Å². The summed E-state index contributed by atoms with van der Waals surface area (Å²) in [6, 6.07) is 4.82. The molecule has 0 saturated heterocycles. The number of nitrogens with two attached hydrogens (primary N) is 1. The lowest BCUT2D eigenvalue weighted by atomic mass is 10.1. The normalized spacial score (nSPS) is 18.0. The zero-order valence-corrected chi connectivity index (χ0v) is 15.1. The number of nitrogens with zero attached hydrogens (tertiary/aromatic N) is 1. The van der Waals surface area contributed by atoms with Crippen molar-refractivity contribution in [1.82, 2.24) is 9.97 Å². The summed E-state index contributed by atoms with van der Waals surface area (Å²) in [4.78, 5) is 31.3. The molecule has 0 fully saturated rings. The lowest BCUT2D eigenvalue weighted by Gasteiger charge is -2.14. The highest BCUT2D eigenvalue weighted by molar-refractivity contribution is 5.97. The Morgan fingerprint density at radius 3 is 3.07 bits per heavy atom. The van der Waals surface area contributed by atoms with Crippen molar-refractivity contribution in [2.75, 3.05) is 31.0 Å². The fourth-order valence-electron chi connectivity index (χ4n) is 2.78. The minimum Gasteiger partial charge on any atom is -0.453 e. The summed E-state index contributed by atoms with van der Waals surface area (Å²) in [6.07, 6.45) is 2.92. The van der Waals surface area contributed by atoms with Crippen molar-refractivity contribution >= 4 is 23.4 Å². The van der Waals surface area contributed by atoms with Crippen molar-refractivity contribution < 1.29 is 19.1 Å². The van der Waals surface area contributed by atoms with Crippen molar-refractivity contribution in [3.05, 3.63) is 30.2 Å². The number of hydrogen-bond acceptors (Lipinski definition) is 6. The van der Waals surface area contributed by atoms with Gasteiger partial charge in [-0.05, 0) is 31.0 Å². The van der Waals surface area contributed by atoms with Gasteiger partial charge in [-0.15, -0.1) is 0 Å². The molecule has 1 aliphatic rings. The Morgan fingerprint density at radius 2 is 2.26 bits per heavy atom. The number of imidazole rings is 1. The van der Waals surface area contributed by atoms with Crippen molar-refractivity contribution in [2.45, 2.75) is 25.3 Å². The lowest BCUT2D eigenvalue weighted by Crippen LogP contribution is -2.19. The van der Waals surface area contributed by atoms with Crippen LogP contribution in [0.5, 0.6) is 0 Å². The Labute approximate surface area is 156 Å². The fourth-order valence-corrected chi connectivity index (χ4v) is 2.78. The van der Waals surface area contributed by atoms with E-state index in [0.717, 1.165) is 12.0 Å². The molecule has 1 aliphatic heterocycles. The van der Waals surface area contributed by atoms with Crippen molar-refractivity contribution in [3.63, 3.8) is 0 Å². The van der Waals surface area contributed by atoms with E-state index >= 15 is 0 Å². The summed E-state index contributed by atoms with van der Waals surface area (Å²) in [5.74, 6) is 0.496. The summed E-state index contributed by atoms with van der Waals surface area (Å²) in [5, 5.41) is 5.50. The van der Waals surface area contributed by atoms with Gasteiger partial charge in [-0.1, -0.05) is 0 Å². The molecule has 144 valence electrons. The molecule has 0 unspecified atom stereocenters. The molecule has 9 nitrogen and oxygen atoms in total. The van der Waals surface area contributed by atoms with Crippen LogP contribution in [0.3, 0.4) is 0 Å². The molecule has 5 N–H and O–H groups in total. The smallest absolute Gasteiger partial charge is 0.411 e. The van der Waals surface area contributed by atoms with Crippen LogP contribution in [0, 0.1) is 0 Å². The van der Waals surface area contributed by atoms with E-state index in [1.807, 2.05) is 0 Å². The number of carbonyl (C=O) groups excluding carboxylic acids is 2. The number of nitrogens with one attached hydrogen (secondary N) is 3. The van der Waals surface area contributed by atoms with Crippen molar-refractivity contribution in [2.24, 2.45) is 5.73 Å². The number of aromatic amines is 1. The molecule has 9 heteroatoms. The van der Waals surface area contributed by atoms with Gasteiger partial charge in [-0.3, -0.25) is 10.1 Å². The Balaban J connectivity index is 1.96. The number of amides is 2. The monoisotopic (exact) mass is 373 g/mol. The van der Waals surface area contributed by atoms with E-state index in [4.69, 9.17) is 10.5 Å². The molecule has 0 aliphatic carbocycles. The number of anilines is 2. The van der Waals surface area contributed by atoms with Gasteiger partial charge in [0.15, 0.2) is 0 Å². The molecule has 3 rings (SSSR count). The third-order valence-corrected chi connectivity index (χ3v) is 4.20.